The Labute approximate surface area is 368 Å². The summed E-state index contributed by atoms with van der Waals surface area (Å²) in [6.07, 6.45) is 0. The molecule has 6 heteroatoms. The highest BCUT2D eigenvalue weighted by atomic mass is 32.1. The monoisotopic (exact) mass is 844 g/mol. The van der Waals surface area contributed by atoms with Crippen molar-refractivity contribution in [3.05, 3.63) is 217 Å². The van der Waals surface area contributed by atoms with Crippen molar-refractivity contribution < 1.29 is 0 Å². The number of thiophene rings is 4. The lowest BCUT2D eigenvalue weighted by Crippen LogP contribution is -2.09. The third kappa shape index (κ3) is 7.67. The first-order chi connectivity index (χ1) is 29.6. The molecule has 4 heterocycles. The fourth-order valence-corrected chi connectivity index (χ4v) is 12.5. The minimum absolute atomic E-state index is 1.14. The van der Waals surface area contributed by atoms with E-state index in [-0.39, 0.29) is 0 Å². The summed E-state index contributed by atoms with van der Waals surface area (Å²) in [5.41, 5.74) is 12.0. The lowest BCUT2D eigenvalue weighted by Gasteiger charge is -2.25. The van der Waals surface area contributed by atoms with Gasteiger partial charge in [-0.15, -0.1) is 45.3 Å². The Morgan fingerprint density at radius 1 is 0.267 bits per heavy atom. The number of rotatable bonds is 11. The average Bonchev–Trinajstić information content (AvgIpc) is 4.13. The maximum absolute atomic E-state index is 2.34. The van der Waals surface area contributed by atoms with Crippen molar-refractivity contribution in [3.8, 4) is 50.1 Å². The Bertz CT molecular complexity index is 2690. The van der Waals surface area contributed by atoms with Gasteiger partial charge in [0.05, 0.1) is 0 Å². The van der Waals surface area contributed by atoms with E-state index in [1.165, 1.54) is 61.3 Å². The maximum Gasteiger partial charge on any atom is 0.0478 e. The minimum Gasteiger partial charge on any atom is -0.311 e. The molecule has 10 rings (SSSR count). The summed E-state index contributed by atoms with van der Waals surface area (Å²) in [6.45, 7) is 4.48. The van der Waals surface area contributed by atoms with Gasteiger partial charge in [0, 0.05) is 73.1 Å². The van der Waals surface area contributed by atoms with Gasteiger partial charge in [0.25, 0.3) is 0 Å². The maximum atomic E-state index is 2.34. The third-order valence-corrected chi connectivity index (χ3v) is 15.9. The fraction of sp³-hybridized carbons (Fsp3) is 0.0370. The molecular formula is C54H40N2S4. The van der Waals surface area contributed by atoms with Crippen LogP contribution in [-0.2, 0) is 0 Å². The Kier molecular flexibility index (Phi) is 10.6. The SMILES string of the molecule is Cc1cc(-c2ccc(N(c3ccccc3)c3ccccc3)cc2)sc1-c1ccc(-c2ccc(-c3sc(-c4ccc(N(c5ccccc5)c5ccccc5)cc4)cc3C)s2)s1. The molecule has 0 amide bonds. The van der Waals surface area contributed by atoms with Gasteiger partial charge in [-0.3, -0.25) is 0 Å². The molecule has 10 aromatic rings. The van der Waals surface area contributed by atoms with Crippen LogP contribution in [0, 0.1) is 13.8 Å². The van der Waals surface area contributed by atoms with Crippen LogP contribution in [0.3, 0.4) is 0 Å². The molecule has 0 fully saturated rings. The molecule has 0 saturated heterocycles. The second kappa shape index (κ2) is 16.8. The van der Waals surface area contributed by atoms with Gasteiger partial charge in [-0.05, 0) is 145 Å². The standard InChI is InChI=1S/C54H40N2S4/c1-37-35-51(39-23-27-45(28-24-39)55(41-15-7-3-8-16-41)42-17-9-4-10-18-42)59-53(37)49-33-31-47(57-49)48-32-34-50(58-48)54-38(2)36-52(60-54)40-25-29-46(30-26-40)56(43-19-11-5-12-20-43)44-21-13-6-14-22-44/h3-36H,1-2H3. The highest BCUT2D eigenvalue weighted by molar-refractivity contribution is 7.29. The van der Waals surface area contributed by atoms with Crippen molar-refractivity contribution in [1.29, 1.82) is 0 Å². The molecule has 60 heavy (non-hydrogen) atoms. The van der Waals surface area contributed by atoms with E-state index in [1.807, 2.05) is 45.3 Å². The van der Waals surface area contributed by atoms with Gasteiger partial charge in [0.1, 0.15) is 0 Å². The van der Waals surface area contributed by atoms with Crippen LogP contribution >= 0.6 is 45.3 Å². The van der Waals surface area contributed by atoms with Gasteiger partial charge in [-0.25, -0.2) is 0 Å². The minimum atomic E-state index is 1.14. The summed E-state index contributed by atoms with van der Waals surface area (Å²) in [7, 11) is 0. The van der Waals surface area contributed by atoms with Crippen LogP contribution in [0.25, 0.3) is 50.1 Å². The number of anilines is 6. The Morgan fingerprint density at radius 2 is 0.550 bits per heavy atom. The first-order valence-electron chi connectivity index (χ1n) is 20.0. The predicted octanol–water partition coefficient (Wildman–Crippen LogP) is 17.8. The van der Waals surface area contributed by atoms with Gasteiger partial charge in [-0.1, -0.05) is 97.1 Å². The van der Waals surface area contributed by atoms with E-state index in [9.17, 15) is 0 Å². The van der Waals surface area contributed by atoms with Gasteiger partial charge in [-0.2, -0.15) is 0 Å². The summed E-state index contributed by atoms with van der Waals surface area (Å²) < 4.78 is 0. The lowest BCUT2D eigenvalue weighted by atomic mass is 10.1. The first-order valence-corrected chi connectivity index (χ1v) is 23.3. The topological polar surface area (TPSA) is 6.48 Å². The number of aryl methyl sites for hydroxylation is 2. The van der Waals surface area contributed by atoms with E-state index in [0.717, 1.165) is 34.1 Å². The van der Waals surface area contributed by atoms with Crippen molar-refractivity contribution in [2.24, 2.45) is 0 Å². The Hall–Kier alpha value is -6.28. The third-order valence-electron chi connectivity index (χ3n) is 10.6. The van der Waals surface area contributed by atoms with Crippen LogP contribution in [0.2, 0.25) is 0 Å². The normalized spacial score (nSPS) is 11.2. The largest absolute Gasteiger partial charge is 0.311 e. The number of hydrogen-bond donors (Lipinski definition) is 0. The predicted molar refractivity (Wildman–Crippen MR) is 264 cm³/mol. The van der Waals surface area contributed by atoms with Crippen molar-refractivity contribution >= 4 is 79.5 Å². The average molecular weight is 845 g/mol. The summed E-state index contributed by atoms with van der Waals surface area (Å²) in [4.78, 5) is 15.1. The number of hydrogen-bond acceptors (Lipinski definition) is 6. The zero-order valence-corrected chi connectivity index (χ0v) is 36.4. The molecule has 0 aliphatic carbocycles. The van der Waals surface area contributed by atoms with E-state index in [0.29, 0.717) is 0 Å². The summed E-state index contributed by atoms with van der Waals surface area (Å²) in [5.74, 6) is 0. The molecule has 0 spiro atoms. The molecule has 4 aromatic heterocycles. The van der Waals surface area contributed by atoms with Crippen LogP contribution in [0.5, 0.6) is 0 Å². The molecule has 0 radical (unpaired) electrons. The van der Waals surface area contributed by atoms with E-state index in [2.05, 4.69) is 230 Å². The Morgan fingerprint density at radius 3 is 0.867 bits per heavy atom. The smallest absolute Gasteiger partial charge is 0.0478 e. The van der Waals surface area contributed by atoms with Crippen molar-refractivity contribution in [1.82, 2.24) is 0 Å². The highest BCUT2D eigenvalue weighted by Gasteiger charge is 2.18. The van der Waals surface area contributed by atoms with Crippen LogP contribution in [0.1, 0.15) is 11.1 Å². The molecule has 0 atom stereocenters. The van der Waals surface area contributed by atoms with Crippen LogP contribution < -0.4 is 9.80 Å². The van der Waals surface area contributed by atoms with Crippen LogP contribution in [-0.4, -0.2) is 0 Å². The quantitative estimate of drug-likeness (QED) is 0.128. The summed E-state index contributed by atoms with van der Waals surface area (Å²) in [5, 5.41) is 0. The second-order valence-electron chi connectivity index (χ2n) is 14.7. The van der Waals surface area contributed by atoms with Crippen LogP contribution in [0.4, 0.5) is 34.1 Å². The van der Waals surface area contributed by atoms with Gasteiger partial charge >= 0.3 is 0 Å². The summed E-state index contributed by atoms with van der Waals surface area (Å²) >= 11 is 7.55. The fourth-order valence-electron chi connectivity index (χ4n) is 7.67. The van der Waals surface area contributed by atoms with Crippen molar-refractivity contribution in [2.75, 3.05) is 9.80 Å². The van der Waals surface area contributed by atoms with Gasteiger partial charge in [0.15, 0.2) is 0 Å². The Balaban J connectivity index is 0.864. The molecule has 0 bridgehead atoms. The molecule has 0 aliphatic rings. The van der Waals surface area contributed by atoms with Gasteiger partial charge < -0.3 is 9.80 Å². The molecule has 0 saturated carbocycles. The highest BCUT2D eigenvalue weighted by Crippen LogP contribution is 2.47. The first kappa shape index (κ1) is 38.0. The lowest BCUT2D eigenvalue weighted by molar-refractivity contribution is 1.28. The van der Waals surface area contributed by atoms with Crippen molar-refractivity contribution in [3.63, 3.8) is 0 Å². The molecule has 0 unspecified atom stereocenters. The van der Waals surface area contributed by atoms with Crippen molar-refractivity contribution in [2.45, 2.75) is 13.8 Å². The zero-order chi connectivity index (χ0) is 40.4. The molecule has 0 N–H and O–H groups in total. The van der Waals surface area contributed by atoms with E-state index < -0.39 is 0 Å². The number of para-hydroxylation sites is 4. The number of benzene rings is 6. The molecule has 0 aliphatic heterocycles. The molecule has 6 aromatic carbocycles. The van der Waals surface area contributed by atoms with Crippen LogP contribution in [0.15, 0.2) is 206 Å². The van der Waals surface area contributed by atoms with E-state index >= 15 is 0 Å². The summed E-state index contributed by atoms with van der Waals surface area (Å²) in [6, 6.07) is 74.2. The van der Waals surface area contributed by atoms with E-state index in [4.69, 9.17) is 0 Å². The molecule has 290 valence electrons. The second-order valence-corrected chi connectivity index (χ2v) is 19.0. The zero-order valence-electron chi connectivity index (χ0n) is 33.2. The molecule has 2 nitrogen and oxygen atoms in total. The van der Waals surface area contributed by atoms with E-state index in [1.54, 1.807) is 0 Å². The number of nitrogens with zero attached hydrogens (tertiary/aromatic N) is 2. The molecular weight excluding hydrogens is 805 g/mol. The van der Waals surface area contributed by atoms with Gasteiger partial charge in [0.2, 0.25) is 0 Å².